The molecule has 0 aromatic rings. The highest BCUT2D eigenvalue weighted by atomic mass is 32.2. The Labute approximate surface area is 56.4 Å². The fraction of sp³-hybridized carbons (Fsp3) is 1.00. The second kappa shape index (κ2) is 3.44. The van der Waals surface area contributed by atoms with Gasteiger partial charge in [-0.05, 0) is 6.26 Å². The summed E-state index contributed by atoms with van der Waals surface area (Å²) in [5, 5.41) is 0. The summed E-state index contributed by atoms with van der Waals surface area (Å²) in [6.07, 6.45) is 9.62. The molecule has 46 valence electrons. The minimum Gasteiger partial charge on any atom is -0.213 e. The van der Waals surface area contributed by atoms with Crippen molar-refractivity contribution < 1.29 is 0 Å². The zero-order valence-corrected chi connectivity index (χ0v) is 6.34. The van der Waals surface area contributed by atoms with E-state index in [1.165, 1.54) is 31.9 Å². The van der Waals surface area contributed by atoms with Gasteiger partial charge in [0.2, 0.25) is 5.99 Å². The van der Waals surface area contributed by atoms with E-state index in [4.69, 9.17) is 0 Å². The lowest BCUT2D eigenvalue weighted by Crippen LogP contribution is -2.10. The van der Waals surface area contributed by atoms with Crippen molar-refractivity contribution in [1.82, 2.24) is 0 Å². The zero-order valence-electron chi connectivity index (χ0n) is 5.52. The summed E-state index contributed by atoms with van der Waals surface area (Å²) in [5.74, 6) is 1.00. The van der Waals surface area contributed by atoms with Gasteiger partial charge in [0.1, 0.15) is 0 Å². The van der Waals surface area contributed by atoms with Gasteiger partial charge in [-0.1, -0.05) is 31.9 Å². The van der Waals surface area contributed by atoms with Crippen molar-refractivity contribution in [2.45, 2.75) is 31.9 Å². The molecule has 0 amide bonds. The summed E-state index contributed by atoms with van der Waals surface area (Å²) in [7, 11) is 0. The molecule has 0 aliphatic carbocycles. The van der Waals surface area contributed by atoms with Crippen LogP contribution >= 0.6 is 11.6 Å². The SMILES string of the molecule is CSB1CCCCC1. The molecular formula is C6H13BS. The molecule has 1 fully saturated rings. The van der Waals surface area contributed by atoms with Crippen molar-refractivity contribution in [3.63, 3.8) is 0 Å². The molecule has 0 radical (unpaired) electrons. The summed E-state index contributed by atoms with van der Waals surface area (Å²) >= 11 is 2.05. The van der Waals surface area contributed by atoms with Crippen LogP contribution in [0.4, 0.5) is 0 Å². The van der Waals surface area contributed by atoms with Crippen molar-refractivity contribution in [2.75, 3.05) is 6.26 Å². The standard InChI is InChI=1S/C6H13BS/c1-8-7-5-3-2-4-6-7/h2-6H2,1H3. The molecule has 1 heterocycles. The van der Waals surface area contributed by atoms with Crippen LogP contribution in [0.5, 0.6) is 0 Å². The molecule has 0 aromatic heterocycles. The molecule has 0 unspecified atom stereocenters. The first-order valence-electron chi connectivity index (χ1n) is 3.46. The predicted molar refractivity (Wildman–Crippen MR) is 42.7 cm³/mol. The fourth-order valence-electron chi connectivity index (χ4n) is 1.30. The summed E-state index contributed by atoms with van der Waals surface area (Å²) in [6.45, 7) is 0. The molecule has 1 aliphatic rings. The Bertz CT molecular complexity index is 59.5. The maximum absolute atomic E-state index is 2.23. The van der Waals surface area contributed by atoms with Gasteiger partial charge >= 0.3 is 0 Å². The Hall–Kier alpha value is 0.415. The van der Waals surface area contributed by atoms with E-state index >= 15 is 0 Å². The number of rotatable bonds is 1. The van der Waals surface area contributed by atoms with Crippen LogP contribution < -0.4 is 0 Å². The van der Waals surface area contributed by atoms with E-state index in [1.54, 1.807) is 0 Å². The number of hydrogen-bond donors (Lipinski definition) is 0. The third kappa shape index (κ3) is 1.73. The van der Waals surface area contributed by atoms with Gasteiger partial charge in [-0.3, -0.25) is 0 Å². The van der Waals surface area contributed by atoms with Gasteiger partial charge in [0.25, 0.3) is 0 Å². The maximum atomic E-state index is 2.23. The average molecular weight is 128 g/mol. The van der Waals surface area contributed by atoms with E-state index in [0.717, 1.165) is 5.99 Å². The van der Waals surface area contributed by atoms with E-state index in [2.05, 4.69) is 6.26 Å². The van der Waals surface area contributed by atoms with Crippen molar-refractivity contribution in [2.24, 2.45) is 0 Å². The third-order valence-corrected chi connectivity index (χ3v) is 3.02. The summed E-state index contributed by atoms with van der Waals surface area (Å²) in [4.78, 5) is 0. The fourth-order valence-corrected chi connectivity index (χ4v) is 2.11. The minimum atomic E-state index is 1.00. The van der Waals surface area contributed by atoms with Gasteiger partial charge in [-0.25, -0.2) is 11.6 Å². The predicted octanol–water partition coefficient (Wildman–Crippen LogP) is 2.52. The quantitative estimate of drug-likeness (QED) is 0.489. The van der Waals surface area contributed by atoms with E-state index < -0.39 is 0 Å². The monoisotopic (exact) mass is 128 g/mol. The van der Waals surface area contributed by atoms with Crippen molar-refractivity contribution >= 4 is 17.6 Å². The van der Waals surface area contributed by atoms with E-state index in [1.807, 2.05) is 11.6 Å². The molecule has 1 saturated heterocycles. The van der Waals surface area contributed by atoms with Crippen molar-refractivity contribution in [3.8, 4) is 0 Å². The molecule has 8 heavy (non-hydrogen) atoms. The van der Waals surface area contributed by atoms with Gasteiger partial charge < -0.3 is 0 Å². The lowest BCUT2D eigenvalue weighted by molar-refractivity contribution is 0.731. The molecular weight excluding hydrogens is 115 g/mol. The van der Waals surface area contributed by atoms with E-state index in [9.17, 15) is 0 Å². The Morgan fingerprint density at radius 1 is 1.12 bits per heavy atom. The van der Waals surface area contributed by atoms with Crippen LogP contribution in [0.1, 0.15) is 19.3 Å². The highest BCUT2D eigenvalue weighted by Gasteiger charge is 2.14. The Kier molecular flexibility index (Phi) is 2.81. The second-order valence-electron chi connectivity index (χ2n) is 2.50. The van der Waals surface area contributed by atoms with Crippen LogP contribution in [-0.2, 0) is 0 Å². The molecule has 0 N–H and O–H groups in total. The van der Waals surface area contributed by atoms with Crippen LogP contribution in [0, 0.1) is 0 Å². The van der Waals surface area contributed by atoms with Crippen LogP contribution in [0.2, 0.25) is 12.6 Å². The van der Waals surface area contributed by atoms with Crippen molar-refractivity contribution in [3.05, 3.63) is 0 Å². The molecule has 0 spiro atoms. The number of hydrogen-bond acceptors (Lipinski definition) is 1. The molecule has 0 saturated carbocycles. The van der Waals surface area contributed by atoms with Gasteiger partial charge in [0.05, 0.1) is 0 Å². The van der Waals surface area contributed by atoms with Gasteiger partial charge in [0.15, 0.2) is 0 Å². The van der Waals surface area contributed by atoms with Gasteiger partial charge in [0, 0.05) is 0 Å². The molecule has 0 atom stereocenters. The van der Waals surface area contributed by atoms with Crippen LogP contribution in [0.25, 0.3) is 0 Å². The van der Waals surface area contributed by atoms with Gasteiger partial charge in [-0.2, -0.15) is 0 Å². The first-order valence-corrected chi connectivity index (χ1v) is 4.75. The molecule has 2 heteroatoms. The maximum Gasteiger partial charge on any atom is 0.209 e. The van der Waals surface area contributed by atoms with Crippen LogP contribution in [0.3, 0.4) is 0 Å². The van der Waals surface area contributed by atoms with Crippen molar-refractivity contribution in [1.29, 1.82) is 0 Å². The van der Waals surface area contributed by atoms with Crippen LogP contribution in [0.15, 0.2) is 0 Å². The lowest BCUT2D eigenvalue weighted by atomic mass is 9.62. The zero-order chi connectivity index (χ0) is 5.82. The lowest BCUT2D eigenvalue weighted by Gasteiger charge is -2.14. The second-order valence-corrected chi connectivity index (χ2v) is 3.63. The topological polar surface area (TPSA) is 0 Å². The largest absolute Gasteiger partial charge is 0.213 e. The average Bonchev–Trinajstić information content (AvgIpc) is 1.90. The Morgan fingerprint density at radius 2 is 1.75 bits per heavy atom. The smallest absolute Gasteiger partial charge is 0.209 e. The summed E-state index contributed by atoms with van der Waals surface area (Å²) < 4.78 is 0. The molecule has 1 rings (SSSR count). The van der Waals surface area contributed by atoms with Crippen LogP contribution in [-0.4, -0.2) is 12.2 Å². The first-order chi connectivity index (χ1) is 3.93. The van der Waals surface area contributed by atoms with E-state index in [0.29, 0.717) is 0 Å². The molecule has 0 bridgehead atoms. The Morgan fingerprint density at radius 3 is 2.12 bits per heavy atom. The minimum absolute atomic E-state index is 1.00. The highest BCUT2D eigenvalue weighted by Crippen LogP contribution is 2.24. The Balaban J connectivity index is 2.13. The third-order valence-electron chi connectivity index (χ3n) is 1.89. The molecule has 0 nitrogen and oxygen atoms in total. The summed E-state index contributed by atoms with van der Waals surface area (Å²) in [5.41, 5.74) is 0. The summed E-state index contributed by atoms with van der Waals surface area (Å²) in [6, 6.07) is 0. The molecule has 0 aromatic carbocycles. The normalized spacial score (nSPS) is 21.4. The first kappa shape index (κ1) is 6.53. The van der Waals surface area contributed by atoms with Gasteiger partial charge in [-0.15, -0.1) is 0 Å². The highest BCUT2D eigenvalue weighted by molar-refractivity contribution is 8.25. The van der Waals surface area contributed by atoms with E-state index in [-0.39, 0.29) is 0 Å². The molecule has 1 aliphatic heterocycles.